The molecular weight excluding hydrogens is 320 g/mol. The summed E-state index contributed by atoms with van der Waals surface area (Å²) in [6.07, 6.45) is 26.0. The standard InChI is InChI=1S/C24H36O2/c1-2-3-4-5-6-7-8-9-10-11-12-13-14-15-16-17-19-22-20-18-21-23(25)24(22)26/h3-4,6-7,9-10,18,20-21,25-26H,2,5,8,11-17,19H2,1H3/b4-3+,7-6+,10-9+. The summed E-state index contributed by atoms with van der Waals surface area (Å²) >= 11 is 0. The van der Waals surface area contributed by atoms with E-state index < -0.39 is 0 Å². The third kappa shape index (κ3) is 10.8. The molecule has 2 N–H and O–H groups in total. The molecule has 1 aromatic rings. The Morgan fingerprint density at radius 2 is 1.35 bits per heavy atom. The molecule has 0 bridgehead atoms. The Morgan fingerprint density at radius 3 is 2.08 bits per heavy atom. The van der Waals surface area contributed by atoms with E-state index in [2.05, 4.69) is 43.4 Å². The van der Waals surface area contributed by atoms with Gasteiger partial charge in [0.25, 0.3) is 0 Å². The van der Waals surface area contributed by atoms with Crippen molar-refractivity contribution in [3.63, 3.8) is 0 Å². The van der Waals surface area contributed by atoms with Crippen molar-refractivity contribution in [2.75, 3.05) is 0 Å². The van der Waals surface area contributed by atoms with Gasteiger partial charge in [-0.05, 0) is 56.6 Å². The SMILES string of the molecule is CC/C=C/C/C=C/C/C=C/CCCCCCCCc1cccc(O)c1O. The van der Waals surface area contributed by atoms with E-state index in [4.69, 9.17) is 0 Å². The van der Waals surface area contributed by atoms with Gasteiger partial charge in [0.1, 0.15) is 0 Å². The lowest BCUT2D eigenvalue weighted by Crippen LogP contribution is -1.87. The van der Waals surface area contributed by atoms with Crippen LogP contribution in [0.25, 0.3) is 0 Å². The zero-order valence-corrected chi connectivity index (χ0v) is 16.4. The topological polar surface area (TPSA) is 40.5 Å². The molecule has 0 fully saturated rings. The second-order valence-corrected chi connectivity index (χ2v) is 6.74. The second-order valence-electron chi connectivity index (χ2n) is 6.74. The highest BCUT2D eigenvalue weighted by molar-refractivity contribution is 5.44. The van der Waals surface area contributed by atoms with Crippen molar-refractivity contribution in [1.82, 2.24) is 0 Å². The summed E-state index contributed by atoms with van der Waals surface area (Å²) < 4.78 is 0. The molecular formula is C24H36O2. The largest absolute Gasteiger partial charge is 0.504 e. The van der Waals surface area contributed by atoms with Crippen molar-refractivity contribution in [1.29, 1.82) is 0 Å². The minimum absolute atomic E-state index is 0.0145. The summed E-state index contributed by atoms with van der Waals surface area (Å²) in [5.41, 5.74) is 0.852. The Bertz CT molecular complexity index is 555. The van der Waals surface area contributed by atoms with Crippen molar-refractivity contribution in [3.8, 4) is 11.5 Å². The number of aromatic hydroxyl groups is 2. The molecule has 1 aromatic carbocycles. The average Bonchev–Trinajstić information content (AvgIpc) is 2.64. The Hall–Kier alpha value is -1.96. The first-order chi connectivity index (χ1) is 12.8. The zero-order chi connectivity index (χ0) is 18.9. The summed E-state index contributed by atoms with van der Waals surface area (Å²) in [6.45, 7) is 2.16. The predicted octanol–water partition coefficient (Wildman–Crippen LogP) is 7.23. The van der Waals surface area contributed by atoms with Crippen LogP contribution in [-0.4, -0.2) is 10.2 Å². The third-order valence-corrected chi connectivity index (χ3v) is 4.45. The molecule has 0 aliphatic heterocycles. The van der Waals surface area contributed by atoms with Crippen LogP contribution in [0.5, 0.6) is 11.5 Å². The fourth-order valence-electron chi connectivity index (χ4n) is 2.89. The minimum atomic E-state index is -0.0145. The molecule has 0 saturated carbocycles. The lowest BCUT2D eigenvalue weighted by molar-refractivity contribution is 0.398. The third-order valence-electron chi connectivity index (χ3n) is 4.45. The molecule has 0 atom stereocenters. The van der Waals surface area contributed by atoms with Crippen LogP contribution >= 0.6 is 0 Å². The van der Waals surface area contributed by atoms with E-state index in [1.165, 1.54) is 44.6 Å². The lowest BCUT2D eigenvalue weighted by atomic mass is 10.0. The fraction of sp³-hybridized carbons (Fsp3) is 0.500. The molecule has 2 heteroatoms. The van der Waals surface area contributed by atoms with Gasteiger partial charge in [-0.1, -0.05) is 81.2 Å². The molecule has 0 amide bonds. The van der Waals surface area contributed by atoms with E-state index in [-0.39, 0.29) is 11.5 Å². The first-order valence-corrected chi connectivity index (χ1v) is 10.2. The van der Waals surface area contributed by atoms with Gasteiger partial charge in [0.15, 0.2) is 11.5 Å². The predicted molar refractivity (Wildman–Crippen MR) is 113 cm³/mol. The van der Waals surface area contributed by atoms with Crippen molar-refractivity contribution >= 4 is 0 Å². The van der Waals surface area contributed by atoms with Crippen molar-refractivity contribution in [2.45, 2.75) is 77.6 Å². The molecule has 0 unspecified atom stereocenters. The number of hydrogen-bond acceptors (Lipinski definition) is 2. The molecule has 26 heavy (non-hydrogen) atoms. The summed E-state index contributed by atoms with van der Waals surface area (Å²) in [4.78, 5) is 0. The number of hydrogen-bond donors (Lipinski definition) is 2. The number of phenols is 2. The van der Waals surface area contributed by atoms with Gasteiger partial charge in [-0.25, -0.2) is 0 Å². The molecule has 0 saturated heterocycles. The summed E-state index contributed by atoms with van der Waals surface area (Å²) in [5.74, 6) is 0.0333. The van der Waals surface area contributed by atoms with Gasteiger partial charge in [0.2, 0.25) is 0 Å². The maximum absolute atomic E-state index is 9.76. The van der Waals surface area contributed by atoms with E-state index in [9.17, 15) is 10.2 Å². The zero-order valence-electron chi connectivity index (χ0n) is 16.4. The number of unbranched alkanes of at least 4 members (excludes halogenated alkanes) is 6. The van der Waals surface area contributed by atoms with Crippen molar-refractivity contribution < 1.29 is 10.2 Å². The fourth-order valence-corrected chi connectivity index (χ4v) is 2.89. The van der Waals surface area contributed by atoms with E-state index in [1.807, 2.05) is 6.07 Å². The number of phenolic OH excluding ortho intramolecular Hbond substituents is 2. The van der Waals surface area contributed by atoms with Crippen LogP contribution in [0.2, 0.25) is 0 Å². The highest BCUT2D eigenvalue weighted by Crippen LogP contribution is 2.29. The number of allylic oxidation sites excluding steroid dienone is 6. The lowest BCUT2D eigenvalue weighted by Gasteiger charge is -2.06. The molecule has 0 aromatic heterocycles. The Morgan fingerprint density at radius 1 is 0.731 bits per heavy atom. The summed E-state index contributed by atoms with van der Waals surface area (Å²) in [5, 5.41) is 19.2. The van der Waals surface area contributed by atoms with Crippen LogP contribution < -0.4 is 0 Å². The first kappa shape index (κ1) is 22.1. The summed E-state index contributed by atoms with van der Waals surface area (Å²) in [7, 11) is 0. The Labute approximate surface area is 160 Å². The van der Waals surface area contributed by atoms with Gasteiger partial charge in [-0.2, -0.15) is 0 Å². The van der Waals surface area contributed by atoms with Gasteiger partial charge in [0, 0.05) is 0 Å². The van der Waals surface area contributed by atoms with Crippen LogP contribution in [0.15, 0.2) is 54.7 Å². The summed E-state index contributed by atoms with van der Waals surface area (Å²) in [6, 6.07) is 5.20. The maximum Gasteiger partial charge on any atom is 0.160 e. The smallest absolute Gasteiger partial charge is 0.160 e. The maximum atomic E-state index is 9.76. The molecule has 0 aliphatic rings. The van der Waals surface area contributed by atoms with Crippen LogP contribution in [-0.2, 0) is 6.42 Å². The highest BCUT2D eigenvalue weighted by atomic mass is 16.3. The molecule has 0 heterocycles. The number of rotatable bonds is 14. The number of benzene rings is 1. The van der Waals surface area contributed by atoms with Crippen molar-refractivity contribution in [2.24, 2.45) is 0 Å². The molecule has 144 valence electrons. The van der Waals surface area contributed by atoms with Gasteiger partial charge in [-0.15, -0.1) is 0 Å². The van der Waals surface area contributed by atoms with E-state index in [1.54, 1.807) is 6.07 Å². The monoisotopic (exact) mass is 356 g/mol. The Kier molecular flexibility index (Phi) is 13.0. The number of aryl methyl sites for hydroxylation is 1. The molecule has 0 aliphatic carbocycles. The van der Waals surface area contributed by atoms with Crippen LogP contribution in [0.3, 0.4) is 0 Å². The minimum Gasteiger partial charge on any atom is -0.504 e. The van der Waals surface area contributed by atoms with Gasteiger partial charge in [-0.3, -0.25) is 0 Å². The molecule has 1 rings (SSSR count). The van der Waals surface area contributed by atoms with E-state index in [0.717, 1.165) is 37.7 Å². The van der Waals surface area contributed by atoms with E-state index in [0.29, 0.717) is 0 Å². The molecule has 0 radical (unpaired) electrons. The van der Waals surface area contributed by atoms with E-state index >= 15 is 0 Å². The Balaban J connectivity index is 1.92. The van der Waals surface area contributed by atoms with Crippen LogP contribution in [0, 0.1) is 0 Å². The number of para-hydroxylation sites is 1. The molecule has 0 spiro atoms. The van der Waals surface area contributed by atoms with Gasteiger partial charge in [0.05, 0.1) is 0 Å². The highest BCUT2D eigenvalue weighted by Gasteiger charge is 2.04. The first-order valence-electron chi connectivity index (χ1n) is 10.2. The second kappa shape index (κ2) is 15.3. The normalized spacial score (nSPS) is 12.0. The van der Waals surface area contributed by atoms with Gasteiger partial charge < -0.3 is 10.2 Å². The van der Waals surface area contributed by atoms with Crippen LogP contribution in [0.4, 0.5) is 0 Å². The van der Waals surface area contributed by atoms with Gasteiger partial charge >= 0.3 is 0 Å². The molecule has 2 nitrogen and oxygen atoms in total. The quantitative estimate of drug-likeness (QED) is 0.210. The van der Waals surface area contributed by atoms with Crippen molar-refractivity contribution in [3.05, 3.63) is 60.2 Å². The average molecular weight is 357 g/mol. The van der Waals surface area contributed by atoms with Crippen LogP contribution in [0.1, 0.15) is 76.7 Å².